The smallest absolute Gasteiger partial charge is 0.191 e. The second-order valence-corrected chi connectivity index (χ2v) is 7.69. The van der Waals surface area contributed by atoms with E-state index in [1.165, 1.54) is 0 Å². The molecule has 3 heterocycles. The maximum absolute atomic E-state index is 4.78. The zero-order chi connectivity index (χ0) is 19.2. The molecule has 2 aromatic heterocycles. The number of aromatic nitrogens is 3. The van der Waals surface area contributed by atoms with Crippen LogP contribution in [0.4, 0.5) is 0 Å². The lowest BCUT2D eigenvalue weighted by Crippen LogP contribution is -2.46. The van der Waals surface area contributed by atoms with Gasteiger partial charge in [-0.15, -0.1) is 10.2 Å². The van der Waals surface area contributed by atoms with Gasteiger partial charge in [-0.25, -0.2) is 0 Å². The van der Waals surface area contributed by atoms with Crippen LogP contribution >= 0.6 is 0 Å². The molecule has 7 nitrogen and oxygen atoms in total. The molecule has 1 aliphatic heterocycles. The molecule has 0 amide bonds. The average Bonchev–Trinajstić information content (AvgIpc) is 3.23. The molecular formula is C20H33N7. The van der Waals surface area contributed by atoms with Gasteiger partial charge < -0.3 is 10.6 Å². The van der Waals surface area contributed by atoms with E-state index < -0.39 is 0 Å². The number of hydrogen-bond donors (Lipinski definition) is 2. The number of likely N-dealkylation sites (tertiary alicyclic amines) is 1. The molecule has 2 atom stereocenters. The maximum Gasteiger partial charge on any atom is 0.191 e. The van der Waals surface area contributed by atoms with Crippen LogP contribution in [0.5, 0.6) is 0 Å². The largest absolute Gasteiger partial charge is 0.357 e. The Morgan fingerprint density at radius 3 is 2.89 bits per heavy atom. The van der Waals surface area contributed by atoms with E-state index in [1.54, 1.807) is 0 Å². The third kappa shape index (κ3) is 4.97. The summed E-state index contributed by atoms with van der Waals surface area (Å²) in [7, 11) is 0. The fraction of sp³-hybridized carbons (Fsp3) is 0.650. The summed E-state index contributed by atoms with van der Waals surface area (Å²) >= 11 is 0. The molecule has 0 spiro atoms. The minimum absolute atomic E-state index is 0.450. The van der Waals surface area contributed by atoms with Gasteiger partial charge in [0.2, 0.25) is 0 Å². The van der Waals surface area contributed by atoms with Crippen molar-refractivity contribution in [1.29, 1.82) is 0 Å². The first-order valence-electron chi connectivity index (χ1n) is 10.2. The quantitative estimate of drug-likeness (QED) is 0.442. The molecular weight excluding hydrogens is 338 g/mol. The third-order valence-corrected chi connectivity index (χ3v) is 5.25. The lowest BCUT2D eigenvalue weighted by Gasteiger charge is -2.21. The molecule has 1 fully saturated rings. The lowest BCUT2D eigenvalue weighted by molar-refractivity contribution is 0.265. The molecule has 27 heavy (non-hydrogen) atoms. The van der Waals surface area contributed by atoms with Crippen molar-refractivity contribution in [2.24, 2.45) is 10.9 Å². The summed E-state index contributed by atoms with van der Waals surface area (Å²) in [6.45, 7) is 12.8. The van der Waals surface area contributed by atoms with Gasteiger partial charge in [0.05, 0.1) is 0 Å². The maximum atomic E-state index is 4.78. The van der Waals surface area contributed by atoms with Gasteiger partial charge in [-0.05, 0) is 45.2 Å². The summed E-state index contributed by atoms with van der Waals surface area (Å²) in [6.07, 6.45) is 3.83. The van der Waals surface area contributed by atoms with Crippen molar-refractivity contribution < 1.29 is 0 Å². The molecule has 148 valence electrons. The van der Waals surface area contributed by atoms with E-state index in [1.807, 2.05) is 28.8 Å². The van der Waals surface area contributed by atoms with Crippen LogP contribution < -0.4 is 10.6 Å². The SMILES string of the molecule is CCNC(=NCCCc1nnc2ccccn12)NC1CN(C(C)C)CC1C. The Hall–Kier alpha value is -2.15. The summed E-state index contributed by atoms with van der Waals surface area (Å²) in [5, 5.41) is 15.5. The highest BCUT2D eigenvalue weighted by molar-refractivity contribution is 5.80. The molecule has 0 aliphatic carbocycles. The Morgan fingerprint density at radius 1 is 1.30 bits per heavy atom. The van der Waals surface area contributed by atoms with Gasteiger partial charge in [-0.3, -0.25) is 14.3 Å². The summed E-state index contributed by atoms with van der Waals surface area (Å²) in [6, 6.07) is 7.01. The van der Waals surface area contributed by atoms with Crippen molar-refractivity contribution in [1.82, 2.24) is 30.1 Å². The number of rotatable bonds is 7. The van der Waals surface area contributed by atoms with Gasteiger partial charge in [0.1, 0.15) is 5.82 Å². The van der Waals surface area contributed by atoms with E-state index in [0.717, 1.165) is 56.5 Å². The number of nitrogens with one attached hydrogen (secondary N) is 2. The first kappa shape index (κ1) is 19.6. The van der Waals surface area contributed by atoms with E-state index in [9.17, 15) is 0 Å². The third-order valence-electron chi connectivity index (χ3n) is 5.25. The number of aliphatic imine (C=N–C) groups is 1. The van der Waals surface area contributed by atoms with Gasteiger partial charge in [0, 0.05) is 50.9 Å². The van der Waals surface area contributed by atoms with Crippen LogP contribution in [0.3, 0.4) is 0 Å². The Morgan fingerprint density at radius 2 is 2.15 bits per heavy atom. The van der Waals surface area contributed by atoms with Crippen LogP contribution in [0.15, 0.2) is 29.4 Å². The van der Waals surface area contributed by atoms with E-state index >= 15 is 0 Å². The van der Waals surface area contributed by atoms with Crippen LogP contribution in [-0.2, 0) is 6.42 Å². The highest BCUT2D eigenvalue weighted by atomic mass is 15.3. The van der Waals surface area contributed by atoms with Crippen molar-refractivity contribution in [3.05, 3.63) is 30.2 Å². The molecule has 0 radical (unpaired) electrons. The highest BCUT2D eigenvalue weighted by Crippen LogP contribution is 2.18. The minimum atomic E-state index is 0.450. The number of pyridine rings is 1. The number of aryl methyl sites for hydroxylation is 1. The van der Waals surface area contributed by atoms with Gasteiger partial charge in [0.25, 0.3) is 0 Å². The van der Waals surface area contributed by atoms with E-state index in [0.29, 0.717) is 18.0 Å². The van der Waals surface area contributed by atoms with Crippen LogP contribution in [0.1, 0.15) is 39.9 Å². The molecule has 0 aromatic carbocycles. The summed E-state index contributed by atoms with van der Waals surface area (Å²) in [5.74, 6) is 2.54. The molecule has 0 bridgehead atoms. The fourth-order valence-corrected chi connectivity index (χ4v) is 3.60. The normalized spacial score (nSPS) is 21.3. The topological polar surface area (TPSA) is 69.8 Å². The fourth-order valence-electron chi connectivity index (χ4n) is 3.60. The van der Waals surface area contributed by atoms with E-state index in [2.05, 4.69) is 53.4 Å². The second-order valence-electron chi connectivity index (χ2n) is 7.69. The molecule has 2 aromatic rings. The zero-order valence-corrected chi connectivity index (χ0v) is 17.0. The molecule has 7 heteroatoms. The average molecular weight is 372 g/mol. The van der Waals surface area contributed by atoms with Crippen LogP contribution in [-0.4, -0.2) is 63.7 Å². The number of guanidine groups is 1. The monoisotopic (exact) mass is 371 g/mol. The number of nitrogens with zero attached hydrogens (tertiary/aromatic N) is 5. The molecule has 1 saturated heterocycles. The Kier molecular flexibility index (Phi) is 6.66. The van der Waals surface area contributed by atoms with Crippen molar-refractivity contribution in [3.63, 3.8) is 0 Å². The molecule has 0 saturated carbocycles. The van der Waals surface area contributed by atoms with Crippen molar-refractivity contribution in [2.45, 2.75) is 52.6 Å². The van der Waals surface area contributed by atoms with Crippen LogP contribution in [0.2, 0.25) is 0 Å². The van der Waals surface area contributed by atoms with Gasteiger partial charge in [-0.2, -0.15) is 0 Å². The Balaban J connectivity index is 1.53. The predicted molar refractivity (Wildman–Crippen MR) is 110 cm³/mol. The molecule has 3 rings (SSSR count). The predicted octanol–water partition coefficient (Wildman–Crippen LogP) is 1.95. The summed E-state index contributed by atoms with van der Waals surface area (Å²) in [5.41, 5.74) is 0.899. The minimum Gasteiger partial charge on any atom is -0.357 e. The standard InChI is InChI=1S/C20H33N7/c1-5-21-20(23-17-14-26(15(2)3)13-16(17)4)22-11-8-10-19-25-24-18-9-6-7-12-27(18)19/h6-7,9,12,15-17H,5,8,10-11,13-14H2,1-4H3,(H2,21,22,23). The van der Waals surface area contributed by atoms with Crippen molar-refractivity contribution >= 4 is 11.6 Å². The van der Waals surface area contributed by atoms with Crippen LogP contribution in [0.25, 0.3) is 5.65 Å². The molecule has 2 unspecified atom stereocenters. The zero-order valence-electron chi connectivity index (χ0n) is 17.0. The summed E-state index contributed by atoms with van der Waals surface area (Å²) < 4.78 is 2.05. The highest BCUT2D eigenvalue weighted by Gasteiger charge is 2.31. The van der Waals surface area contributed by atoms with Crippen LogP contribution in [0, 0.1) is 5.92 Å². The Bertz CT molecular complexity index is 752. The molecule has 2 N–H and O–H groups in total. The number of fused-ring (bicyclic) bond motifs is 1. The number of hydrogen-bond acceptors (Lipinski definition) is 4. The van der Waals surface area contributed by atoms with E-state index in [-0.39, 0.29) is 0 Å². The second kappa shape index (κ2) is 9.17. The lowest BCUT2D eigenvalue weighted by atomic mass is 10.1. The van der Waals surface area contributed by atoms with Gasteiger partial charge in [-0.1, -0.05) is 13.0 Å². The van der Waals surface area contributed by atoms with Gasteiger partial charge >= 0.3 is 0 Å². The van der Waals surface area contributed by atoms with Crippen molar-refractivity contribution in [3.8, 4) is 0 Å². The van der Waals surface area contributed by atoms with Crippen molar-refractivity contribution in [2.75, 3.05) is 26.2 Å². The Labute approximate surface area is 162 Å². The van der Waals surface area contributed by atoms with Gasteiger partial charge in [0.15, 0.2) is 11.6 Å². The molecule has 1 aliphatic rings. The summed E-state index contributed by atoms with van der Waals surface area (Å²) in [4.78, 5) is 7.31. The van der Waals surface area contributed by atoms with E-state index in [4.69, 9.17) is 4.99 Å². The first-order valence-corrected chi connectivity index (χ1v) is 10.2. The first-order chi connectivity index (χ1) is 13.1.